The van der Waals surface area contributed by atoms with Crippen molar-refractivity contribution in [2.24, 2.45) is 0 Å². The second-order valence-corrected chi connectivity index (χ2v) is 4.60. The number of anilines is 1. The van der Waals surface area contributed by atoms with Crippen LogP contribution in [-0.4, -0.2) is 11.6 Å². The van der Waals surface area contributed by atoms with Gasteiger partial charge in [-0.25, -0.2) is 4.98 Å². The normalized spacial score (nSPS) is 10.3. The van der Waals surface area contributed by atoms with Crippen LogP contribution in [0.25, 0.3) is 0 Å². The molecule has 0 bridgehead atoms. The van der Waals surface area contributed by atoms with E-state index in [9.17, 15) is 0 Å². The van der Waals surface area contributed by atoms with Crippen LogP contribution >= 0.6 is 0 Å². The van der Waals surface area contributed by atoms with Gasteiger partial charge in [-0.2, -0.15) is 0 Å². The lowest BCUT2D eigenvalue weighted by molar-refractivity contribution is 0.327. The zero-order valence-electron chi connectivity index (χ0n) is 11.7. The molecule has 0 aliphatic carbocycles. The monoisotopic (exact) mass is 256 g/mol. The van der Waals surface area contributed by atoms with Gasteiger partial charge in [0.2, 0.25) is 5.88 Å². The molecule has 2 rings (SSSR count). The maximum Gasteiger partial charge on any atom is 0.213 e. The van der Waals surface area contributed by atoms with Crippen LogP contribution in [0.2, 0.25) is 0 Å². The molecule has 0 aliphatic rings. The van der Waals surface area contributed by atoms with Crippen molar-refractivity contribution in [3.8, 4) is 5.88 Å². The molecule has 0 radical (unpaired) electrons. The lowest BCUT2D eigenvalue weighted by Gasteiger charge is -2.10. The van der Waals surface area contributed by atoms with Crippen molar-refractivity contribution in [3.05, 3.63) is 53.2 Å². The molecular weight excluding hydrogens is 236 g/mol. The molecule has 0 unspecified atom stereocenters. The average molecular weight is 256 g/mol. The molecule has 19 heavy (non-hydrogen) atoms. The fourth-order valence-corrected chi connectivity index (χ4v) is 1.91. The van der Waals surface area contributed by atoms with E-state index in [0.717, 1.165) is 12.2 Å². The molecule has 1 aromatic carbocycles. The van der Waals surface area contributed by atoms with Gasteiger partial charge >= 0.3 is 0 Å². The van der Waals surface area contributed by atoms with E-state index in [0.29, 0.717) is 12.5 Å². The van der Waals surface area contributed by atoms with Gasteiger partial charge in [-0.15, -0.1) is 0 Å². The minimum Gasteiger partial charge on any atom is -0.478 e. The Hall–Kier alpha value is -2.03. The van der Waals surface area contributed by atoms with E-state index in [1.54, 1.807) is 6.20 Å². The highest BCUT2D eigenvalue weighted by molar-refractivity contribution is 5.43. The summed E-state index contributed by atoms with van der Waals surface area (Å²) in [6, 6.07) is 10.4. The van der Waals surface area contributed by atoms with E-state index < -0.39 is 0 Å². The number of benzene rings is 1. The van der Waals surface area contributed by atoms with Gasteiger partial charge in [0.1, 0.15) is 0 Å². The van der Waals surface area contributed by atoms with Gasteiger partial charge in [0.05, 0.1) is 18.5 Å². The summed E-state index contributed by atoms with van der Waals surface area (Å²) in [4.78, 5) is 4.24. The van der Waals surface area contributed by atoms with E-state index in [4.69, 9.17) is 4.74 Å². The highest BCUT2D eigenvalue weighted by Gasteiger charge is 2.00. The Kier molecular flexibility index (Phi) is 4.39. The first-order valence-electron chi connectivity index (χ1n) is 6.58. The van der Waals surface area contributed by atoms with Crippen LogP contribution in [0, 0.1) is 13.8 Å². The second-order valence-electron chi connectivity index (χ2n) is 4.60. The molecule has 3 heteroatoms. The summed E-state index contributed by atoms with van der Waals surface area (Å²) < 4.78 is 5.32. The lowest BCUT2D eigenvalue weighted by Crippen LogP contribution is -2.02. The Bertz CT molecular complexity index is 535. The van der Waals surface area contributed by atoms with Crippen LogP contribution in [0.4, 0.5) is 5.69 Å². The van der Waals surface area contributed by atoms with E-state index in [-0.39, 0.29) is 0 Å². The van der Waals surface area contributed by atoms with E-state index in [1.807, 2.05) is 19.1 Å². The minimum absolute atomic E-state index is 0.641. The van der Waals surface area contributed by atoms with Crippen molar-refractivity contribution >= 4 is 5.69 Å². The number of pyridine rings is 1. The maximum atomic E-state index is 5.32. The zero-order chi connectivity index (χ0) is 13.7. The summed E-state index contributed by atoms with van der Waals surface area (Å²) in [5, 5.41) is 3.38. The molecular formula is C16H20N2O. The molecule has 0 atom stereocenters. The Labute approximate surface area is 114 Å². The van der Waals surface area contributed by atoms with Gasteiger partial charge in [0.15, 0.2) is 0 Å². The first kappa shape index (κ1) is 13.4. The zero-order valence-corrected chi connectivity index (χ0v) is 11.7. The Morgan fingerprint density at radius 1 is 1.16 bits per heavy atom. The van der Waals surface area contributed by atoms with Crippen molar-refractivity contribution in [2.45, 2.75) is 27.3 Å². The largest absolute Gasteiger partial charge is 0.478 e. The van der Waals surface area contributed by atoms with Crippen LogP contribution in [-0.2, 0) is 6.54 Å². The van der Waals surface area contributed by atoms with Crippen molar-refractivity contribution in [1.29, 1.82) is 0 Å². The number of hydrogen-bond donors (Lipinski definition) is 1. The number of nitrogens with one attached hydrogen (secondary N) is 1. The average Bonchev–Trinajstić information content (AvgIpc) is 2.42. The molecule has 2 aromatic rings. The predicted molar refractivity (Wildman–Crippen MR) is 78.6 cm³/mol. The lowest BCUT2D eigenvalue weighted by atomic mass is 10.1. The topological polar surface area (TPSA) is 34.1 Å². The van der Waals surface area contributed by atoms with E-state index >= 15 is 0 Å². The predicted octanol–water partition coefficient (Wildman–Crippen LogP) is 3.71. The summed E-state index contributed by atoms with van der Waals surface area (Å²) in [6.45, 7) is 7.65. The first-order valence-corrected chi connectivity index (χ1v) is 6.58. The number of hydrogen-bond acceptors (Lipinski definition) is 3. The smallest absolute Gasteiger partial charge is 0.213 e. The first-order chi connectivity index (χ1) is 9.19. The van der Waals surface area contributed by atoms with Gasteiger partial charge in [-0.05, 0) is 38.0 Å². The van der Waals surface area contributed by atoms with Gasteiger partial charge in [0.25, 0.3) is 0 Å². The summed E-state index contributed by atoms with van der Waals surface area (Å²) in [5.74, 6) is 0.666. The molecule has 0 aliphatic heterocycles. The van der Waals surface area contributed by atoms with Crippen molar-refractivity contribution in [3.63, 3.8) is 0 Å². The highest BCUT2D eigenvalue weighted by Crippen LogP contribution is 2.15. The summed E-state index contributed by atoms with van der Waals surface area (Å²) >= 11 is 0. The fourth-order valence-electron chi connectivity index (χ4n) is 1.91. The van der Waals surface area contributed by atoms with Crippen LogP contribution in [0.15, 0.2) is 36.5 Å². The summed E-state index contributed by atoms with van der Waals surface area (Å²) in [6.07, 6.45) is 1.80. The molecule has 1 N–H and O–H groups in total. The quantitative estimate of drug-likeness (QED) is 0.885. The molecule has 3 nitrogen and oxygen atoms in total. The molecule has 0 spiro atoms. The summed E-state index contributed by atoms with van der Waals surface area (Å²) in [7, 11) is 0. The third-order valence-corrected chi connectivity index (χ3v) is 3.02. The third kappa shape index (κ3) is 3.71. The molecule has 1 aromatic heterocycles. The minimum atomic E-state index is 0.641. The maximum absolute atomic E-state index is 5.32. The van der Waals surface area contributed by atoms with Crippen molar-refractivity contribution in [1.82, 2.24) is 4.98 Å². The highest BCUT2D eigenvalue weighted by atomic mass is 16.5. The second kappa shape index (κ2) is 6.23. The van der Waals surface area contributed by atoms with E-state index in [1.165, 1.54) is 16.7 Å². The Morgan fingerprint density at radius 3 is 2.68 bits per heavy atom. The fraction of sp³-hybridized carbons (Fsp3) is 0.312. The number of aryl methyl sites for hydroxylation is 2. The van der Waals surface area contributed by atoms with Crippen LogP contribution in [0.3, 0.4) is 0 Å². The molecule has 0 amide bonds. The number of aromatic nitrogens is 1. The van der Waals surface area contributed by atoms with Gasteiger partial charge in [-0.1, -0.05) is 23.8 Å². The molecule has 100 valence electrons. The van der Waals surface area contributed by atoms with Gasteiger partial charge < -0.3 is 10.1 Å². The molecule has 1 heterocycles. The SMILES string of the molecule is CCOc1ccc(NCc2cc(C)ccc2C)cn1. The van der Waals surface area contributed by atoms with Crippen molar-refractivity contribution < 1.29 is 4.74 Å². The van der Waals surface area contributed by atoms with Crippen LogP contribution in [0.5, 0.6) is 5.88 Å². The molecule has 0 saturated heterocycles. The van der Waals surface area contributed by atoms with Crippen LogP contribution < -0.4 is 10.1 Å². The van der Waals surface area contributed by atoms with Gasteiger partial charge in [-0.3, -0.25) is 0 Å². The number of rotatable bonds is 5. The molecule has 0 fully saturated rings. The summed E-state index contributed by atoms with van der Waals surface area (Å²) in [5.41, 5.74) is 4.91. The number of ether oxygens (including phenoxy) is 1. The Morgan fingerprint density at radius 2 is 2.00 bits per heavy atom. The standard InChI is InChI=1S/C16H20N2O/c1-4-19-16-8-7-15(11-18-16)17-10-14-9-12(2)5-6-13(14)3/h5-9,11,17H,4,10H2,1-3H3. The molecule has 0 saturated carbocycles. The Balaban J connectivity index is 2.00. The van der Waals surface area contributed by atoms with Crippen molar-refractivity contribution in [2.75, 3.05) is 11.9 Å². The van der Waals surface area contributed by atoms with Crippen LogP contribution in [0.1, 0.15) is 23.6 Å². The van der Waals surface area contributed by atoms with E-state index in [2.05, 4.69) is 42.3 Å². The third-order valence-electron chi connectivity index (χ3n) is 3.02. The number of nitrogens with zero attached hydrogens (tertiary/aromatic N) is 1. The van der Waals surface area contributed by atoms with Gasteiger partial charge in [0, 0.05) is 12.6 Å².